The van der Waals surface area contributed by atoms with E-state index in [0.29, 0.717) is 28.2 Å². The lowest BCUT2D eigenvalue weighted by molar-refractivity contribution is 0.0929. The van der Waals surface area contributed by atoms with Crippen molar-refractivity contribution < 1.29 is 23.1 Å². The topological polar surface area (TPSA) is 73.1 Å². The van der Waals surface area contributed by atoms with Crippen molar-refractivity contribution in [3.8, 4) is 11.5 Å². The summed E-state index contributed by atoms with van der Waals surface area (Å²) in [7, 11) is 1.47. The van der Waals surface area contributed by atoms with Crippen LogP contribution in [0.1, 0.15) is 21.7 Å². The standard InChI is InChI=1S/C24H16Br2ClFN2O4/c1-32-20-7-14(6-19(27)23(20)33-12-13-3-2-4-17(28)5-13)11-29-30-24(31)21-9-15-8-16(25)10-18(26)22(15)34-21/h2-11H,12H2,1H3,(H,30,31)/b29-11-. The average molecular weight is 611 g/mol. The van der Waals surface area contributed by atoms with Crippen LogP contribution in [-0.2, 0) is 6.61 Å². The van der Waals surface area contributed by atoms with E-state index in [1.165, 1.54) is 25.5 Å². The smallest absolute Gasteiger partial charge is 0.307 e. The molecule has 0 aliphatic rings. The van der Waals surface area contributed by atoms with Gasteiger partial charge in [0.25, 0.3) is 0 Å². The van der Waals surface area contributed by atoms with E-state index in [4.69, 9.17) is 25.5 Å². The first kappa shape index (κ1) is 24.3. The van der Waals surface area contributed by atoms with Crippen molar-refractivity contribution in [3.63, 3.8) is 0 Å². The molecule has 1 aromatic heterocycles. The van der Waals surface area contributed by atoms with Crippen molar-refractivity contribution in [2.24, 2.45) is 5.10 Å². The summed E-state index contributed by atoms with van der Waals surface area (Å²) in [5.41, 5.74) is 4.20. The zero-order valence-electron chi connectivity index (χ0n) is 17.6. The van der Waals surface area contributed by atoms with Crippen LogP contribution in [0.2, 0.25) is 5.02 Å². The molecule has 1 N–H and O–H groups in total. The molecule has 10 heteroatoms. The largest absolute Gasteiger partial charge is 0.493 e. The minimum atomic E-state index is -0.511. The molecule has 6 nitrogen and oxygen atoms in total. The Morgan fingerprint density at radius 1 is 1.21 bits per heavy atom. The Bertz CT molecular complexity index is 1410. The van der Waals surface area contributed by atoms with Crippen molar-refractivity contribution in [2.45, 2.75) is 6.61 Å². The number of ether oxygens (including phenoxy) is 2. The van der Waals surface area contributed by atoms with Crippen LogP contribution in [0.3, 0.4) is 0 Å². The summed E-state index contributed by atoms with van der Waals surface area (Å²) in [4.78, 5) is 12.4. The number of amides is 1. The van der Waals surface area contributed by atoms with Gasteiger partial charge >= 0.3 is 5.91 Å². The second-order valence-corrected chi connectivity index (χ2v) is 9.25. The van der Waals surface area contributed by atoms with Gasteiger partial charge in [0.05, 0.1) is 22.8 Å². The molecule has 1 heterocycles. The molecule has 0 fully saturated rings. The number of fused-ring (bicyclic) bond motifs is 1. The number of nitrogens with one attached hydrogen (secondary N) is 1. The molecule has 174 valence electrons. The number of hydrogen-bond donors (Lipinski definition) is 1. The summed E-state index contributed by atoms with van der Waals surface area (Å²) in [5.74, 6) is -0.0693. The lowest BCUT2D eigenvalue weighted by Gasteiger charge is -2.13. The van der Waals surface area contributed by atoms with Crippen molar-refractivity contribution in [3.05, 3.63) is 91.3 Å². The van der Waals surface area contributed by atoms with E-state index in [9.17, 15) is 9.18 Å². The van der Waals surface area contributed by atoms with Crippen LogP contribution in [0.15, 0.2) is 73.1 Å². The lowest BCUT2D eigenvalue weighted by Crippen LogP contribution is -2.16. The molecular formula is C24H16Br2ClFN2O4. The highest BCUT2D eigenvalue weighted by molar-refractivity contribution is 9.11. The van der Waals surface area contributed by atoms with E-state index in [0.717, 1.165) is 14.3 Å². The fourth-order valence-corrected chi connectivity index (χ4v) is 4.76. The van der Waals surface area contributed by atoms with E-state index in [2.05, 4.69) is 42.4 Å². The Morgan fingerprint density at radius 2 is 2.03 bits per heavy atom. The van der Waals surface area contributed by atoms with Crippen molar-refractivity contribution in [1.82, 2.24) is 5.43 Å². The predicted octanol–water partition coefficient (Wildman–Crippen LogP) is 7.10. The molecule has 0 bridgehead atoms. The van der Waals surface area contributed by atoms with E-state index in [1.54, 1.807) is 30.3 Å². The highest BCUT2D eigenvalue weighted by Crippen LogP contribution is 2.36. The third-order valence-corrected chi connectivity index (χ3v) is 5.99. The zero-order valence-corrected chi connectivity index (χ0v) is 21.5. The number of nitrogens with zero attached hydrogens (tertiary/aromatic N) is 1. The molecule has 4 rings (SSSR count). The number of carbonyl (C=O) groups is 1. The maximum atomic E-state index is 13.4. The zero-order chi connectivity index (χ0) is 24.2. The lowest BCUT2D eigenvalue weighted by atomic mass is 10.2. The SMILES string of the molecule is COc1cc(/C=N\NC(=O)c2cc3cc(Br)cc(Br)c3o2)cc(Cl)c1OCc1cccc(F)c1. The molecule has 4 aromatic rings. The van der Waals surface area contributed by atoms with Gasteiger partial charge in [-0.05, 0) is 69.5 Å². The fraction of sp³-hybridized carbons (Fsp3) is 0.0833. The molecule has 0 saturated carbocycles. The quantitative estimate of drug-likeness (QED) is 0.179. The molecule has 0 unspecified atom stereocenters. The molecule has 0 spiro atoms. The summed E-state index contributed by atoms with van der Waals surface area (Å²) in [6, 6.07) is 14.6. The van der Waals surface area contributed by atoms with E-state index < -0.39 is 5.91 Å². The molecule has 1 amide bonds. The minimum Gasteiger partial charge on any atom is -0.493 e. The Labute approximate surface area is 215 Å². The first-order chi connectivity index (χ1) is 16.3. The van der Waals surface area contributed by atoms with E-state index in [-0.39, 0.29) is 23.2 Å². The number of benzene rings is 3. The Balaban J connectivity index is 1.46. The Hall–Kier alpha value is -2.88. The maximum absolute atomic E-state index is 13.4. The van der Waals surface area contributed by atoms with Gasteiger partial charge in [-0.2, -0.15) is 5.10 Å². The predicted molar refractivity (Wildman–Crippen MR) is 135 cm³/mol. The first-order valence-corrected chi connectivity index (χ1v) is 11.8. The van der Waals surface area contributed by atoms with Crippen molar-refractivity contribution in [1.29, 1.82) is 0 Å². The average Bonchev–Trinajstić information content (AvgIpc) is 3.22. The number of halogens is 4. The van der Waals surface area contributed by atoms with Gasteiger partial charge in [0, 0.05) is 9.86 Å². The van der Waals surface area contributed by atoms with Crippen molar-refractivity contribution >= 4 is 66.6 Å². The van der Waals surface area contributed by atoms with Gasteiger partial charge in [0.1, 0.15) is 18.0 Å². The molecule has 0 aliphatic heterocycles. The van der Waals surface area contributed by atoms with Gasteiger partial charge in [0.2, 0.25) is 0 Å². The number of hydrogen-bond acceptors (Lipinski definition) is 5. The van der Waals surface area contributed by atoms with Crippen LogP contribution < -0.4 is 14.9 Å². The van der Waals surface area contributed by atoms with Crippen LogP contribution in [0, 0.1) is 5.82 Å². The molecule has 3 aromatic carbocycles. The number of hydrazone groups is 1. The van der Waals surface area contributed by atoms with Crippen LogP contribution in [-0.4, -0.2) is 19.2 Å². The number of furan rings is 1. The van der Waals surface area contributed by atoms with Crippen molar-refractivity contribution in [2.75, 3.05) is 7.11 Å². The van der Waals surface area contributed by atoms with E-state index in [1.807, 2.05) is 12.1 Å². The molecule has 0 saturated heterocycles. The normalized spacial score (nSPS) is 11.2. The highest BCUT2D eigenvalue weighted by atomic mass is 79.9. The molecular weight excluding hydrogens is 595 g/mol. The second-order valence-electron chi connectivity index (χ2n) is 7.07. The molecule has 34 heavy (non-hydrogen) atoms. The summed E-state index contributed by atoms with van der Waals surface area (Å²) < 4.78 is 31.7. The van der Waals surface area contributed by atoms with E-state index >= 15 is 0 Å². The summed E-state index contributed by atoms with van der Waals surface area (Å²) in [6.45, 7) is 0.113. The van der Waals surface area contributed by atoms with Gasteiger partial charge < -0.3 is 13.9 Å². The van der Waals surface area contributed by atoms with Crippen LogP contribution >= 0.6 is 43.5 Å². The third kappa shape index (κ3) is 5.60. The van der Waals surface area contributed by atoms with Gasteiger partial charge in [-0.15, -0.1) is 0 Å². The Morgan fingerprint density at radius 3 is 2.79 bits per heavy atom. The summed E-state index contributed by atoms with van der Waals surface area (Å²) in [6.07, 6.45) is 1.41. The van der Waals surface area contributed by atoms with Crippen LogP contribution in [0.25, 0.3) is 11.0 Å². The Kier molecular flexibility index (Phi) is 7.55. The monoisotopic (exact) mass is 608 g/mol. The summed E-state index contributed by atoms with van der Waals surface area (Å²) in [5, 5.41) is 5.01. The second kappa shape index (κ2) is 10.6. The molecule has 0 atom stereocenters. The van der Waals surface area contributed by atoms with Gasteiger partial charge in [-0.3, -0.25) is 4.79 Å². The first-order valence-electron chi connectivity index (χ1n) is 9.81. The molecule has 0 aliphatic carbocycles. The highest BCUT2D eigenvalue weighted by Gasteiger charge is 2.15. The van der Waals surface area contributed by atoms with Gasteiger partial charge in [-0.1, -0.05) is 39.7 Å². The van der Waals surface area contributed by atoms with Gasteiger partial charge in [0.15, 0.2) is 17.3 Å². The number of rotatable bonds is 7. The fourth-order valence-electron chi connectivity index (χ4n) is 3.14. The van der Waals surface area contributed by atoms with Crippen LogP contribution in [0.5, 0.6) is 11.5 Å². The third-order valence-electron chi connectivity index (χ3n) is 4.66. The van der Waals surface area contributed by atoms with Crippen LogP contribution in [0.4, 0.5) is 4.39 Å². The van der Waals surface area contributed by atoms with Gasteiger partial charge in [-0.25, -0.2) is 9.82 Å². The number of carbonyl (C=O) groups excluding carboxylic acids is 1. The maximum Gasteiger partial charge on any atom is 0.307 e. The minimum absolute atomic E-state index is 0.113. The number of methoxy groups -OCH3 is 1. The molecule has 0 radical (unpaired) electrons. The summed E-state index contributed by atoms with van der Waals surface area (Å²) >= 11 is 13.2.